The van der Waals surface area contributed by atoms with E-state index in [0.717, 1.165) is 28.4 Å². The number of hydrogen-bond donors (Lipinski definition) is 2. The Morgan fingerprint density at radius 2 is 2.00 bits per heavy atom. The number of nitrogens with zero attached hydrogens (tertiary/aromatic N) is 2. The van der Waals surface area contributed by atoms with Gasteiger partial charge in [-0.05, 0) is 26.0 Å². The molecule has 0 atom stereocenters. The largest absolute Gasteiger partial charge is 0.496 e. The van der Waals surface area contributed by atoms with Gasteiger partial charge in [0.25, 0.3) is 0 Å². The van der Waals surface area contributed by atoms with E-state index in [1.165, 1.54) is 0 Å². The number of hydrogen-bond acceptors (Lipinski definition) is 5. The smallest absolute Gasteiger partial charge is 0.130 e. The van der Waals surface area contributed by atoms with Crippen molar-refractivity contribution in [3.8, 4) is 17.0 Å². The maximum atomic E-state index is 5.50. The van der Waals surface area contributed by atoms with Crippen LogP contribution in [0, 0.1) is 13.8 Å². The summed E-state index contributed by atoms with van der Waals surface area (Å²) in [6.07, 6.45) is 0. The van der Waals surface area contributed by atoms with E-state index in [4.69, 9.17) is 10.5 Å². The van der Waals surface area contributed by atoms with Crippen molar-refractivity contribution in [2.45, 2.75) is 13.8 Å². The van der Waals surface area contributed by atoms with Gasteiger partial charge in [0, 0.05) is 24.7 Å². The summed E-state index contributed by atoms with van der Waals surface area (Å²) in [5.74, 6) is 2.30. The summed E-state index contributed by atoms with van der Waals surface area (Å²) >= 11 is 0. The van der Waals surface area contributed by atoms with Crippen molar-refractivity contribution in [3.63, 3.8) is 0 Å². The van der Waals surface area contributed by atoms with E-state index in [0.29, 0.717) is 18.9 Å². The third-order valence-electron chi connectivity index (χ3n) is 2.92. The van der Waals surface area contributed by atoms with Crippen molar-refractivity contribution in [2.24, 2.45) is 5.73 Å². The molecule has 2 aromatic rings. The van der Waals surface area contributed by atoms with Gasteiger partial charge in [-0.2, -0.15) is 0 Å². The second-order valence-corrected chi connectivity index (χ2v) is 4.60. The van der Waals surface area contributed by atoms with Crippen LogP contribution in [0.15, 0.2) is 24.3 Å². The first-order valence-corrected chi connectivity index (χ1v) is 6.58. The normalized spacial score (nSPS) is 10.4. The zero-order chi connectivity index (χ0) is 14.5. The number of nitrogens with one attached hydrogen (secondary N) is 1. The predicted molar refractivity (Wildman–Crippen MR) is 81.0 cm³/mol. The quantitative estimate of drug-likeness (QED) is 0.872. The lowest BCUT2D eigenvalue weighted by molar-refractivity contribution is 0.416. The fourth-order valence-electron chi connectivity index (χ4n) is 2.02. The van der Waals surface area contributed by atoms with Gasteiger partial charge in [0.05, 0.1) is 12.8 Å². The molecule has 106 valence electrons. The highest BCUT2D eigenvalue weighted by molar-refractivity contribution is 5.70. The van der Waals surface area contributed by atoms with Crippen molar-refractivity contribution < 1.29 is 4.74 Å². The maximum absolute atomic E-state index is 5.50. The lowest BCUT2D eigenvalue weighted by atomic mass is 10.1. The SMILES string of the molecule is COc1ccc(C)cc1-c1cc(NCCN)nc(C)n1. The summed E-state index contributed by atoms with van der Waals surface area (Å²) in [6.45, 7) is 5.16. The van der Waals surface area contributed by atoms with Crippen LogP contribution in [-0.4, -0.2) is 30.2 Å². The Hall–Kier alpha value is -2.14. The average Bonchev–Trinajstić information content (AvgIpc) is 2.44. The van der Waals surface area contributed by atoms with Crippen LogP contribution in [0.1, 0.15) is 11.4 Å². The van der Waals surface area contributed by atoms with Gasteiger partial charge in [0.2, 0.25) is 0 Å². The molecule has 5 nitrogen and oxygen atoms in total. The predicted octanol–water partition coefficient (Wildman–Crippen LogP) is 2.14. The Kier molecular flexibility index (Phi) is 4.53. The van der Waals surface area contributed by atoms with Crippen LogP contribution in [0.25, 0.3) is 11.3 Å². The number of nitrogens with two attached hydrogens (primary N) is 1. The number of methoxy groups -OCH3 is 1. The van der Waals surface area contributed by atoms with Crippen molar-refractivity contribution in [2.75, 3.05) is 25.5 Å². The second kappa shape index (κ2) is 6.34. The molecule has 0 saturated heterocycles. The van der Waals surface area contributed by atoms with Gasteiger partial charge < -0.3 is 15.8 Å². The number of anilines is 1. The molecule has 20 heavy (non-hydrogen) atoms. The molecule has 0 fully saturated rings. The molecule has 0 spiro atoms. The number of aryl methyl sites for hydroxylation is 2. The van der Waals surface area contributed by atoms with E-state index < -0.39 is 0 Å². The van der Waals surface area contributed by atoms with Crippen molar-refractivity contribution >= 4 is 5.82 Å². The molecule has 0 aliphatic rings. The molecule has 0 aliphatic heterocycles. The zero-order valence-corrected chi connectivity index (χ0v) is 12.1. The molecule has 1 aromatic heterocycles. The summed E-state index contributed by atoms with van der Waals surface area (Å²) in [7, 11) is 1.66. The third-order valence-corrected chi connectivity index (χ3v) is 2.92. The summed E-state index contributed by atoms with van der Waals surface area (Å²) in [4.78, 5) is 8.86. The van der Waals surface area contributed by atoms with E-state index in [9.17, 15) is 0 Å². The second-order valence-electron chi connectivity index (χ2n) is 4.60. The third kappa shape index (κ3) is 3.24. The molecule has 0 radical (unpaired) electrons. The summed E-state index contributed by atoms with van der Waals surface area (Å²) in [5.41, 5.74) is 8.48. The molecular formula is C15H20N4O. The maximum Gasteiger partial charge on any atom is 0.130 e. The Balaban J connectivity index is 2.46. The molecule has 3 N–H and O–H groups in total. The Labute approximate surface area is 119 Å². The van der Waals surface area contributed by atoms with Gasteiger partial charge in [-0.15, -0.1) is 0 Å². The van der Waals surface area contributed by atoms with Gasteiger partial charge >= 0.3 is 0 Å². The van der Waals surface area contributed by atoms with E-state index in [2.05, 4.69) is 21.4 Å². The highest BCUT2D eigenvalue weighted by Gasteiger charge is 2.10. The van der Waals surface area contributed by atoms with Crippen LogP contribution in [-0.2, 0) is 0 Å². The number of rotatable bonds is 5. The lowest BCUT2D eigenvalue weighted by Crippen LogP contribution is -2.14. The summed E-state index contributed by atoms with van der Waals surface area (Å²) in [6, 6.07) is 7.95. The monoisotopic (exact) mass is 272 g/mol. The molecule has 5 heteroatoms. The minimum Gasteiger partial charge on any atom is -0.496 e. The molecule has 0 amide bonds. The van der Waals surface area contributed by atoms with Crippen molar-refractivity contribution in [1.29, 1.82) is 0 Å². The fraction of sp³-hybridized carbons (Fsp3) is 0.333. The average molecular weight is 272 g/mol. The summed E-state index contributed by atoms with van der Waals surface area (Å²) < 4.78 is 5.41. The minimum atomic E-state index is 0.562. The fourth-order valence-corrected chi connectivity index (χ4v) is 2.02. The topological polar surface area (TPSA) is 73.1 Å². The number of benzene rings is 1. The van der Waals surface area contributed by atoms with Crippen LogP contribution in [0.5, 0.6) is 5.75 Å². The standard InChI is InChI=1S/C15H20N4O/c1-10-4-5-14(20-3)12(8-10)13-9-15(17-7-6-16)19-11(2)18-13/h4-5,8-9H,6-7,16H2,1-3H3,(H,17,18,19). The van der Waals surface area contributed by atoms with Crippen molar-refractivity contribution in [3.05, 3.63) is 35.7 Å². The van der Waals surface area contributed by atoms with Gasteiger partial charge in [0.15, 0.2) is 0 Å². The first-order chi connectivity index (χ1) is 9.63. The highest BCUT2D eigenvalue weighted by atomic mass is 16.5. The van der Waals surface area contributed by atoms with Crippen LogP contribution in [0.4, 0.5) is 5.82 Å². The van der Waals surface area contributed by atoms with Crippen LogP contribution in [0.3, 0.4) is 0 Å². The highest BCUT2D eigenvalue weighted by Crippen LogP contribution is 2.30. The molecule has 2 rings (SSSR count). The van der Waals surface area contributed by atoms with E-state index in [1.807, 2.05) is 32.0 Å². The van der Waals surface area contributed by atoms with E-state index in [1.54, 1.807) is 7.11 Å². The van der Waals surface area contributed by atoms with E-state index in [-0.39, 0.29) is 0 Å². The molecule has 0 bridgehead atoms. The van der Waals surface area contributed by atoms with Crippen LogP contribution < -0.4 is 15.8 Å². The molecule has 1 heterocycles. The van der Waals surface area contributed by atoms with Crippen LogP contribution in [0.2, 0.25) is 0 Å². The Morgan fingerprint density at radius 3 is 2.70 bits per heavy atom. The van der Waals surface area contributed by atoms with E-state index >= 15 is 0 Å². The molecule has 0 aliphatic carbocycles. The Morgan fingerprint density at radius 1 is 1.20 bits per heavy atom. The lowest BCUT2D eigenvalue weighted by Gasteiger charge is -2.11. The molecule has 0 saturated carbocycles. The first-order valence-electron chi connectivity index (χ1n) is 6.58. The molecular weight excluding hydrogens is 252 g/mol. The first kappa shape index (κ1) is 14.3. The molecule has 0 unspecified atom stereocenters. The Bertz CT molecular complexity index is 598. The van der Waals surface area contributed by atoms with Crippen molar-refractivity contribution in [1.82, 2.24) is 9.97 Å². The van der Waals surface area contributed by atoms with Gasteiger partial charge in [-0.25, -0.2) is 9.97 Å². The van der Waals surface area contributed by atoms with Gasteiger partial charge in [-0.3, -0.25) is 0 Å². The summed E-state index contributed by atoms with van der Waals surface area (Å²) in [5, 5.41) is 3.18. The zero-order valence-electron chi connectivity index (χ0n) is 12.1. The van der Waals surface area contributed by atoms with Gasteiger partial charge in [-0.1, -0.05) is 11.6 Å². The number of aromatic nitrogens is 2. The van der Waals surface area contributed by atoms with Gasteiger partial charge in [0.1, 0.15) is 17.4 Å². The minimum absolute atomic E-state index is 0.562. The van der Waals surface area contributed by atoms with Crippen LogP contribution >= 0.6 is 0 Å². The number of ether oxygens (including phenoxy) is 1. The molecule has 1 aromatic carbocycles.